The molecule has 0 N–H and O–H groups in total. The van der Waals surface area contributed by atoms with Gasteiger partial charge in [-0.2, -0.15) is 10.5 Å². The monoisotopic (exact) mass is 850 g/mol. The number of nitriles is 2. The highest BCUT2D eigenvalue weighted by Crippen LogP contribution is 2.65. The molecule has 310 valence electrons. The van der Waals surface area contributed by atoms with Crippen LogP contribution in [-0.2, 0) is 5.41 Å². The molecule has 1 spiro atoms. The maximum atomic E-state index is 10.2. The second-order valence-electron chi connectivity index (χ2n) is 17.5. The van der Waals surface area contributed by atoms with Crippen molar-refractivity contribution < 1.29 is 0 Å². The molecular weight excluding hydrogens is 813 g/mol. The average molecular weight is 851 g/mol. The van der Waals surface area contributed by atoms with E-state index in [0.717, 1.165) is 61.1 Å². The van der Waals surface area contributed by atoms with Crippen molar-refractivity contribution in [2.75, 3.05) is 9.80 Å². The minimum atomic E-state index is -0.709. The van der Waals surface area contributed by atoms with Crippen molar-refractivity contribution in [3.8, 4) is 34.4 Å². The van der Waals surface area contributed by atoms with Crippen LogP contribution in [0.15, 0.2) is 231 Å². The lowest BCUT2D eigenvalue weighted by Gasteiger charge is -2.34. The Balaban J connectivity index is 1.13. The first-order valence-corrected chi connectivity index (χ1v) is 22.6. The van der Waals surface area contributed by atoms with Crippen LogP contribution in [0.1, 0.15) is 33.4 Å². The van der Waals surface area contributed by atoms with Crippen molar-refractivity contribution in [1.82, 2.24) is 0 Å². The molecule has 2 aliphatic carbocycles. The summed E-state index contributed by atoms with van der Waals surface area (Å²) in [7, 11) is 0. The van der Waals surface area contributed by atoms with Crippen LogP contribution in [0.5, 0.6) is 0 Å². The van der Waals surface area contributed by atoms with Crippen molar-refractivity contribution in [3.63, 3.8) is 0 Å². The largest absolute Gasteiger partial charge is 0.310 e. The Hall–Kier alpha value is -9.22. The number of fused-ring (bicyclic) bond motifs is 14. The van der Waals surface area contributed by atoms with Crippen LogP contribution in [0, 0.1) is 22.7 Å². The molecule has 67 heavy (non-hydrogen) atoms. The molecule has 0 heterocycles. The van der Waals surface area contributed by atoms with Gasteiger partial charge in [0.05, 0.1) is 34.4 Å². The standard InChI is InChI=1S/C63H38N4/c64-39-41-13-11-19-47(33-41)66(49-29-27-43-15-1-3-17-45(43)35-49)51-31-32-56-59(37-51)63(57-25-9-7-21-52(57)53-22-8-10-26-58(53)63)60-38-61(54-23-5-6-24-55(54)62(56)60)67(48-20-12-14-42(34-48)40-65)50-30-28-44-16-2-4-18-46(44)36-50/h1-38H. The van der Waals surface area contributed by atoms with Crippen LogP contribution >= 0.6 is 0 Å². The van der Waals surface area contributed by atoms with Gasteiger partial charge in [0.2, 0.25) is 0 Å². The molecule has 0 aromatic heterocycles. The maximum absolute atomic E-state index is 10.2. The molecule has 0 bridgehead atoms. The predicted octanol–water partition coefficient (Wildman–Crippen LogP) is 16.2. The van der Waals surface area contributed by atoms with Gasteiger partial charge in [0.1, 0.15) is 0 Å². The van der Waals surface area contributed by atoms with E-state index in [-0.39, 0.29) is 0 Å². The van der Waals surface area contributed by atoms with Gasteiger partial charge in [0.25, 0.3) is 0 Å². The van der Waals surface area contributed by atoms with Crippen LogP contribution in [0.3, 0.4) is 0 Å². The zero-order valence-electron chi connectivity index (χ0n) is 36.2. The molecule has 0 aliphatic heterocycles. The Morgan fingerprint density at radius 2 is 0.791 bits per heavy atom. The fourth-order valence-corrected chi connectivity index (χ4v) is 11.2. The Morgan fingerprint density at radius 3 is 1.40 bits per heavy atom. The minimum Gasteiger partial charge on any atom is -0.310 e. The number of hydrogen-bond donors (Lipinski definition) is 0. The Bertz CT molecular complexity index is 3900. The third-order valence-corrected chi connectivity index (χ3v) is 14.0. The van der Waals surface area contributed by atoms with Gasteiger partial charge < -0.3 is 9.80 Å². The summed E-state index contributed by atoms with van der Waals surface area (Å²) < 4.78 is 0. The molecular formula is C63H38N4. The topological polar surface area (TPSA) is 54.1 Å². The highest BCUT2D eigenvalue weighted by atomic mass is 15.1. The Kier molecular flexibility index (Phi) is 8.52. The minimum absolute atomic E-state index is 0.597. The third kappa shape index (κ3) is 5.71. The van der Waals surface area contributed by atoms with Gasteiger partial charge >= 0.3 is 0 Å². The number of benzene rings is 11. The summed E-state index contributed by atoms with van der Waals surface area (Å²) in [5.74, 6) is 0. The van der Waals surface area contributed by atoms with E-state index in [2.05, 4.69) is 216 Å². The van der Waals surface area contributed by atoms with E-state index in [9.17, 15) is 10.5 Å². The molecule has 0 amide bonds. The summed E-state index contributed by atoms with van der Waals surface area (Å²) >= 11 is 0. The third-order valence-electron chi connectivity index (χ3n) is 14.0. The van der Waals surface area contributed by atoms with Gasteiger partial charge in [-0.15, -0.1) is 0 Å². The summed E-state index contributed by atoms with van der Waals surface area (Å²) in [6.45, 7) is 0. The SMILES string of the molecule is N#Cc1cccc(N(c2ccc3c(c2)C2(c4ccccc4-c4ccccc42)c2cc(N(c4cccc(C#N)c4)c4ccc5ccccc5c4)c4ccccc4c2-3)c2ccc3ccccc3c2)c1. The molecule has 2 aliphatic rings. The van der Waals surface area contributed by atoms with Gasteiger partial charge in [-0.1, -0.05) is 152 Å². The molecule has 0 unspecified atom stereocenters. The van der Waals surface area contributed by atoms with E-state index >= 15 is 0 Å². The van der Waals surface area contributed by atoms with Crippen LogP contribution in [0.2, 0.25) is 0 Å². The number of nitrogens with zero attached hydrogens (tertiary/aromatic N) is 4. The van der Waals surface area contributed by atoms with Crippen molar-refractivity contribution in [3.05, 3.63) is 264 Å². The van der Waals surface area contributed by atoms with Gasteiger partial charge in [-0.3, -0.25) is 0 Å². The molecule has 0 radical (unpaired) electrons. The maximum Gasteiger partial charge on any atom is 0.0992 e. The predicted molar refractivity (Wildman–Crippen MR) is 274 cm³/mol. The molecule has 4 nitrogen and oxygen atoms in total. The average Bonchev–Trinajstić information content (AvgIpc) is 3.86. The Morgan fingerprint density at radius 1 is 0.313 bits per heavy atom. The fourth-order valence-electron chi connectivity index (χ4n) is 11.2. The van der Waals surface area contributed by atoms with Gasteiger partial charge in [-0.05, 0) is 150 Å². The second-order valence-corrected chi connectivity index (χ2v) is 17.5. The van der Waals surface area contributed by atoms with Gasteiger partial charge in [0.15, 0.2) is 0 Å². The molecule has 0 fully saturated rings. The molecule has 0 saturated heterocycles. The van der Waals surface area contributed by atoms with Crippen molar-refractivity contribution in [2.24, 2.45) is 0 Å². The normalized spacial score (nSPS) is 12.6. The summed E-state index contributed by atoms with van der Waals surface area (Å²) in [5.41, 5.74) is 16.0. The van der Waals surface area contributed by atoms with Crippen molar-refractivity contribution >= 4 is 66.4 Å². The van der Waals surface area contributed by atoms with E-state index in [4.69, 9.17) is 0 Å². The van der Waals surface area contributed by atoms with Gasteiger partial charge in [-0.25, -0.2) is 0 Å². The Labute approximate surface area is 388 Å². The van der Waals surface area contributed by atoms with Crippen LogP contribution in [-0.4, -0.2) is 0 Å². The first-order chi connectivity index (χ1) is 33.1. The molecule has 11 aromatic carbocycles. The van der Waals surface area contributed by atoms with E-state index in [1.165, 1.54) is 49.9 Å². The van der Waals surface area contributed by atoms with Crippen molar-refractivity contribution in [1.29, 1.82) is 10.5 Å². The van der Waals surface area contributed by atoms with Crippen LogP contribution in [0.25, 0.3) is 54.6 Å². The van der Waals surface area contributed by atoms with Crippen LogP contribution < -0.4 is 9.80 Å². The molecule has 0 saturated carbocycles. The quantitative estimate of drug-likeness (QED) is 0.167. The molecule has 13 rings (SSSR count). The summed E-state index contributed by atoms with van der Waals surface area (Å²) in [4.78, 5) is 4.64. The second kappa shape index (κ2) is 14.9. The number of rotatable bonds is 6. The van der Waals surface area contributed by atoms with Crippen LogP contribution in [0.4, 0.5) is 34.1 Å². The smallest absolute Gasteiger partial charge is 0.0992 e. The summed E-state index contributed by atoms with van der Waals surface area (Å²) in [5, 5.41) is 27.3. The number of hydrogen-bond acceptors (Lipinski definition) is 4. The summed E-state index contributed by atoms with van der Waals surface area (Å²) in [6.07, 6.45) is 0. The van der Waals surface area contributed by atoms with Crippen molar-refractivity contribution in [2.45, 2.75) is 5.41 Å². The van der Waals surface area contributed by atoms with E-state index < -0.39 is 5.41 Å². The highest BCUT2D eigenvalue weighted by Gasteiger charge is 2.52. The molecule has 4 heteroatoms. The summed E-state index contributed by atoms with van der Waals surface area (Å²) in [6, 6.07) is 87.0. The lowest BCUT2D eigenvalue weighted by atomic mass is 9.70. The molecule has 0 atom stereocenters. The lowest BCUT2D eigenvalue weighted by Crippen LogP contribution is -2.26. The zero-order valence-corrected chi connectivity index (χ0v) is 36.2. The van der Waals surface area contributed by atoms with E-state index in [0.29, 0.717) is 11.1 Å². The number of anilines is 6. The highest BCUT2D eigenvalue weighted by molar-refractivity contribution is 6.12. The van der Waals surface area contributed by atoms with E-state index in [1.54, 1.807) is 0 Å². The first kappa shape index (κ1) is 38.3. The first-order valence-electron chi connectivity index (χ1n) is 22.6. The van der Waals surface area contributed by atoms with Gasteiger partial charge in [0, 0.05) is 33.8 Å². The molecule has 11 aromatic rings. The van der Waals surface area contributed by atoms with E-state index in [1.807, 2.05) is 36.4 Å². The zero-order chi connectivity index (χ0) is 44.6. The fraction of sp³-hybridized carbons (Fsp3) is 0.0159. The lowest BCUT2D eigenvalue weighted by molar-refractivity contribution is 0.794.